The highest BCUT2D eigenvalue weighted by Gasteiger charge is 2.77. The molecule has 7 atom stereocenters. The van der Waals surface area contributed by atoms with Crippen molar-refractivity contribution in [3.05, 3.63) is 83.5 Å². The number of carbonyl (C=O) groups is 1. The number of likely N-dealkylation sites (N-methyl/N-ethyl adjacent to an activating group) is 1. The highest BCUT2D eigenvalue weighted by atomic mass is 16.6. The topological polar surface area (TPSA) is 51.4 Å². The Bertz CT molecular complexity index is 1430. The van der Waals surface area contributed by atoms with Crippen LogP contribution in [0.1, 0.15) is 56.3 Å². The van der Waals surface area contributed by atoms with Gasteiger partial charge in [-0.3, -0.25) is 9.69 Å². The molecule has 0 radical (unpaired) electrons. The summed E-state index contributed by atoms with van der Waals surface area (Å²) in [7, 11) is 2.25. The Kier molecular flexibility index (Phi) is 4.39. The van der Waals surface area contributed by atoms with Crippen LogP contribution in [0.5, 0.6) is 0 Å². The average Bonchev–Trinajstić information content (AvgIpc) is 3.31. The number of epoxide rings is 1. The molecule has 6 heteroatoms. The predicted octanol–water partition coefficient (Wildman–Crippen LogP) is 4.69. The lowest BCUT2D eigenvalue weighted by atomic mass is 9.50. The van der Waals surface area contributed by atoms with Crippen LogP contribution >= 0.6 is 0 Å². The summed E-state index contributed by atoms with van der Waals surface area (Å²) in [5.41, 5.74) is 6.27. The molecular weight excluding hydrogens is 472 g/mol. The van der Waals surface area contributed by atoms with E-state index in [1.54, 1.807) is 6.08 Å². The maximum absolute atomic E-state index is 13.9. The van der Waals surface area contributed by atoms with Crippen LogP contribution in [0, 0.1) is 0 Å². The number of nitrogens with one attached hydrogen (secondary N) is 1. The van der Waals surface area contributed by atoms with Crippen molar-refractivity contribution in [2.24, 2.45) is 0 Å². The molecule has 6 aliphatic rings. The monoisotopic (exact) mass is 508 g/mol. The minimum atomic E-state index is -0.217. The first kappa shape index (κ1) is 22.9. The number of hydrogen-bond acceptors (Lipinski definition) is 5. The molecule has 2 spiro atoms. The van der Waals surface area contributed by atoms with Crippen LogP contribution in [-0.2, 0) is 20.4 Å². The van der Waals surface area contributed by atoms with E-state index >= 15 is 0 Å². The van der Waals surface area contributed by atoms with Gasteiger partial charge in [-0.2, -0.15) is 0 Å². The summed E-state index contributed by atoms with van der Waals surface area (Å²) in [5, 5.41) is 4.01. The molecule has 0 aliphatic carbocycles. The largest absolute Gasteiger partial charge is 0.365 e. The van der Waals surface area contributed by atoms with Gasteiger partial charge in [0.25, 0.3) is 0 Å². The van der Waals surface area contributed by atoms with E-state index in [0.717, 1.165) is 25.9 Å². The standard InChI is InChI=1S/C32H36N4O2/c1-5-6-7-15-24(37)35-18-16-31-21-12-8-9-13-22(21)33-28-32(31)17-19-36(29(31)35)26(27-30(2,3)38-27)20-11-10-14-23(25(20)32)34(28)4/h5-15,26-29,33H,16-19H2,1-4H3/b6-5+,15-7+/t26-,27+,28+,29+,31?,32-/m0/s1. The smallest absolute Gasteiger partial charge is 0.247 e. The van der Waals surface area contributed by atoms with E-state index in [-0.39, 0.29) is 46.8 Å². The third-order valence-corrected chi connectivity index (χ3v) is 10.7. The summed E-state index contributed by atoms with van der Waals surface area (Å²) in [6.07, 6.45) is 9.76. The number of ether oxygens (including phenoxy) is 1. The summed E-state index contributed by atoms with van der Waals surface area (Å²) in [4.78, 5) is 21.3. The number of allylic oxidation sites excluding steroid dienone is 3. The molecular formula is C32H36N4O2. The minimum Gasteiger partial charge on any atom is -0.365 e. The fourth-order valence-electron chi connectivity index (χ4n) is 9.30. The van der Waals surface area contributed by atoms with Gasteiger partial charge >= 0.3 is 0 Å². The number of carbonyl (C=O) groups excluding carboxylic acids is 1. The van der Waals surface area contributed by atoms with Gasteiger partial charge in [-0.25, -0.2) is 0 Å². The molecule has 3 fully saturated rings. The number of rotatable bonds is 3. The van der Waals surface area contributed by atoms with E-state index in [1.807, 2.05) is 25.2 Å². The molecule has 6 heterocycles. The Morgan fingerprint density at radius 1 is 1.05 bits per heavy atom. The highest BCUT2D eigenvalue weighted by Crippen LogP contribution is 2.72. The van der Waals surface area contributed by atoms with Crippen LogP contribution in [-0.4, -0.2) is 59.9 Å². The molecule has 8 rings (SSSR count). The first-order chi connectivity index (χ1) is 18.4. The number of fused-ring (bicyclic) bond motifs is 1. The molecule has 38 heavy (non-hydrogen) atoms. The third kappa shape index (κ3) is 2.45. The van der Waals surface area contributed by atoms with Crippen LogP contribution in [0.3, 0.4) is 0 Å². The molecule has 1 N–H and O–H groups in total. The first-order valence-electron chi connectivity index (χ1n) is 14.1. The van der Waals surface area contributed by atoms with Crippen molar-refractivity contribution in [2.75, 3.05) is 30.4 Å². The number of likely N-dealkylation sites (tertiary alicyclic amines) is 1. The quantitative estimate of drug-likeness (QED) is 0.370. The van der Waals surface area contributed by atoms with Crippen LogP contribution in [0.25, 0.3) is 0 Å². The second-order valence-electron chi connectivity index (χ2n) is 12.5. The summed E-state index contributed by atoms with van der Waals surface area (Å²) in [6, 6.07) is 15.9. The molecule has 6 nitrogen and oxygen atoms in total. The zero-order chi connectivity index (χ0) is 26.0. The Morgan fingerprint density at radius 3 is 2.63 bits per heavy atom. The van der Waals surface area contributed by atoms with Gasteiger partial charge in [0, 0.05) is 43.0 Å². The number of hydrogen-bond donors (Lipinski definition) is 1. The fourth-order valence-corrected chi connectivity index (χ4v) is 9.30. The van der Waals surface area contributed by atoms with Crippen LogP contribution < -0.4 is 10.2 Å². The zero-order valence-electron chi connectivity index (χ0n) is 22.6. The molecule has 0 aromatic heterocycles. The van der Waals surface area contributed by atoms with Crippen molar-refractivity contribution in [2.45, 2.75) is 74.5 Å². The molecule has 2 aromatic rings. The number of anilines is 2. The molecule has 2 aromatic carbocycles. The number of amides is 1. The molecule has 2 bridgehead atoms. The Labute approximate surface area is 224 Å². The average molecular weight is 509 g/mol. The normalized spacial score (nSPS) is 38.7. The lowest BCUT2D eigenvalue weighted by Gasteiger charge is -2.62. The van der Waals surface area contributed by atoms with E-state index in [1.165, 1.54) is 28.1 Å². The van der Waals surface area contributed by atoms with Gasteiger partial charge in [0.1, 0.15) is 12.3 Å². The van der Waals surface area contributed by atoms with Gasteiger partial charge in [0.15, 0.2) is 0 Å². The van der Waals surface area contributed by atoms with Gasteiger partial charge in [0.05, 0.1) is 23.2 Å². The van der Waals surface area contributed by atoms with Crippen molar-refractivity contribution in [3.8, 4) is 0 Å². The Morgan fingerprint density at radius 2 is 1.84 bits per heavy atom. The SMILES string of the molecule is C/C=C/C=C/C(=O)N1CCC23c4ccccc4N[C@@H]4N(C)c5cccc6c5[C@@]42CCN([C@@H]13)[C@@H]6[C@H]1OC1(C)C. The maximum Gasteiger partial charge on any atom is 0.247 e. The third-order valence-electron chi connectivity index (χ3n) is 10.7. The summed E-state index contributed by atoms with van der Waals surface area (Å²) < 4.78 is 6.43. The Balaban J connectivity index is 1.44. The lowest BCUT2D eigenvalue weighted by molar-refractivity contribution is -0.137. The van der Waals surface area contributed by atoms with Gasteiger partial charge in [-0.15, -0.1) is 0 Å². The summed E-state index contributed by atoms with van der Waals surface area (Å²) in [5.74, 6) is 0.104. The summed E-state index contributed by atoms with van der Waals surface area (Å²) in [6.45, 7) is 8.10. The molecule has 6 aliphatic heterocycles. The second-order valence-corrected chi connectivity index (χ2v) is 12.5. The van der Waals surface area contributed by atoms with Gasteiger partial charge in [-0.1, -0.05) is 48.6 Å². The summed E-state index contributed by atoms with van der Waals surface area (Å²) >= 11 is 0. The van der Waals surface area contributed by atoms with E-state index in [9.17, 15) is 4.79 Å². The lowest BCUT2D eigenvalue weighted by Crippen LogP contribution is -2.73. The Hall–Kier alpha value is -3.09. The van der Waals surface area contributed by atoms with Gasteiger partial charge in [-0.05, 0) is 62.4 Å². The van der Waals surface area contributed by atoms with Crippen molar-refractivity contribution in [3.63, 3.8) is 0 Å². The number of nitrogens with zero attached hydrogens (tertiary/aromatic N) is 3. The number of para-hydroxylation sites is 1. The van der Waals surface area contributed by atoms with Crippen molar-refractivity contribution >= 4 is 17.3 Å². The van der Waals surface area contributed by atoms with E-state index in [4.69, 9.17) is 4.74 Å². The van der Waals surface area contributed by atoms with Crippen LogP contribution in [0.2, 0.25) is 0 Å². The fraction of sp³-hybridized carbons (Fsp3) is 0.469. The van der Waals surface area contributed by atoms with Crippen LogP contribution in [0.4, 0.5) is 11.4 Å². The second kappa shape index (κ2) is 7.30. The van der Waals surface area contributed by atoms with Gasteiger partial charge in [0.2, 0.25) is 5.91 Å². The first-order valence-corrected chi connectivity index (χ1v) is 14.1. The molecule has 0 saturated carbocycles. The van der Waals surface area contributed by atoms with Crippen molar-refractivity contribution < 1.29 is 9.53 Å². The predicted molar refractivity (Wildman–Crippen MR) is 149 cm³/mol. The highest BCUT2D eigenvalue weighted by molar-refractivity contribution is 5.89. The van der Waals surface area contributed by atoms with Crippen LogP contribution in [0.15, 0.2) is 66.8 Å². The van der Waals surface area contributed by atoms with Crippen molar-refractivity contribution in [1.29, 1.82) is 0 Å². The van der Waals surface area contributed by atoms with E-state index < -0.39 is 0 Å². The molecule has 196 valence electrons. The zero-order valence-corrected chi connectivity index (χ0v) is 22.6. The number of piperidine rings is 1. The number of benzene rings is 2. The van der Waals surface area contributed by atoms with E-state index in [2.05, 4.69) is 83.4 Å². The molecule has 3 saturated heterocycles. The van der Waals surface area contributed by atoms with E-state index in [0.29, 0.717) is 0 Å². The molecule has 1 amide bonds. The maximum atomic E-state index is 13.9. The minimum absolute atomic E-state index is 0.0403. The van der Waals surface area contributed by atoms with Gasteiger partial charge < -0.3 is 19.9 Å². The van der Waals surface area contributed by atoms with Crippen molar-refractivity contribution in [1.82, 2.24) is 9.80 Å². The molecule has 2 unspecified atom stereocenters.